The molecule has 0 aromatic heterocycles. The van der Waals surface area contributed by atoms with Crippen molar-refractivity contribution in [2.75, 3.05) is 13.2 Å². The van der Waals surface area contributed by atoms with Gasteiger partial charge in [0.1, 0.15) is 5.75 Å². The summed E-state index contributed by atoms with van der Waals surface area (Å²) < 4.78 is 5.94. The molecule has 0 bridgehead atoms. The first-order valence-electron chi connectivity index (χ1n) is 7.99. The van der Waals surface area contributed by atoms with E-state index in [9.17, 15) is 4.79 Å². The monoisotopic (exact) mass is 323 g/mol. The summed E-state index contributed by atoms with van der Waals surface area (Å²) in [6.45, 7) is 2.41. The van der Waals surface area contributed by atoms with Crippen molar-refractivity contribution in [3.8, 4) is 5.75 Å². The average Bonchev–Trinajstić information content (AvgIpc) is 3.20. The fourth-order valence-electron chi connectivity index (χ4n) is 3.06. The van der Waals surface area contributed by atoms with E-state index in [0.717, 1.165) is 37.3 Å². The van der Waals surface area contributed by atoms with Gasteiger partial charge in [-0.05, 0) is 56.3 Å². The summed E-state index contributed by atoms with van der Waals surface area (Å²) in [6, 6.07) is 5.85. The van der Waals surface area contributed by atoms with Crippen LogP contribution in [0, 0.1) is 5.92 Å². The summed E-state index contributed by atoms with van der Waals surface area (Å²) in [6.07, 6.45) is 4.73. The van der Waals surface area contributed by atoms with Gasteiger partial charge in [-0.15, -0.1) is 0 Å². The highest BCUT2D eigenvalue weighted by Gasteiger charge is 2.28. The highest BCUT2D eigenvalue weighted by atomic mass is 35.5. The highest BCUT2D eigenvalue weighted by molar-refractivity contribution is 6.30. The molecule has 1 heterocycles. The molecule has 5 heteroatoms. The Kier molecular flexibility index (Phi) is 4.89. The van der Waals surface area contributed by atoms with Gasteiger partial charge in [-0.2, -0.15) is 0 Å². The van der Waals surface area contributed by atoms with Crippen LogP contribution in [-0.2, 0) is 11.3 Å². The highest BCUT2D eigenvalue weighted by Crippen LogP contribution is 2.32. The summed E-state index contributed by atoms with van der Waals surface area (Å²) in [5, 5.41) is 9.73. The van der Waals surface area contributed by atoms with Gasteiger partial charge in [0.25, 0.3) is 0 Å². The van der Waals surface area contributed by atoms with E-state index in [2.05, 4.69) is 4.90 Å². The second-order valence-corrected chi connectivity index (χ2v) is 6.81. The molecule has 2 aliphatic rings. The predicted molar refractivity (Wildman–Crippen MR) is 85.4 cm³/mol. The van der Waals surface area contributed by atoms with E-state index in [1.54, 1.807) is 0 Å². The molecule has 1 aromatic rings. The van der Waals surface area contributed by atoms with Gasteiger partial charge < -0.3 is 9.84 Å². The van der Waals surface area contributed by atoms with Crippen LogP contribution in [0.5, 0.6) is 5.75 Å². The third-order valence-corrected chi connectivity index (χ3v) is 4.71. The Morgan fingerprint density at radius 1 is 1.36 bits per heavy atom. The number of carboxylic acids is 1. The van der Waals surface area contributed by atoms with Gasteiger partial charge in [-0.1, -0.05) is 11.6 Å². The molecule has 4 nitrogen and oxygen atoms in total. The Hall–Kier alpha value is -1.26. The standard InChI is InChI=1S/C17H22ClNO3/c18-14-5-6-16(22-11-12-3-4-12)13(8-14)10-19-7-1-2-15(19)9-17(20)21/h5-6,8,12,15H,1-4,7,9-11H2,(H,20,21). The Bertz CT molecular complexity index is 545. The number of benzene rings is 1. The van der Waals surface area contributed by atoms with Crippen LogP contribution in [0.4, 0.5) is 0 Å². The van der Waals surface area contributed by atoms with Crippen LogP contribution in [0.25, 0.3) is 0 Å². The van der Waals surface area contributed by atoms with Crippen LogP contribution in [0.3, 0.4) is 0 Å². The van der Waals surface area contributed by atoms with Crippen molar-refractivity contribution >= 4 is 17.6 Å². The van der Waals surface area contributed by atoms with Crippen molar-refractivity contribution in [2.24, 2.45) is 5.92 Å². The van der Waals surface area contributed by atoms with Gasteiger partial charge >= 0.3 is 5.97 Å². The molecular weight excluding hydrogens is 302 g/mol. The second-order valence-electron chi connectivity index (χ2n) is 6.37. The van der Waals surface area contributed by atoms with E-state index in [0.29, 0.717) is 17.5 Å². The molecule has 1 unspecified atom stereocenters. The molecule has 1 atom stereocenters. The molecule has 1 aliphatic carbocycles. The summed E-state index contributed by atoms with van der Waals surface area (Å²) in [4.78, 5) is 13.2. The maximum Gasteiger partial charge on any atom is 0.304 e. The van der Waals surface area contributed by atoms with Gasteiger partial charge in [0.05, 0.1) is 13.0 Å². The first-order valence-corrected chi connectivity index (χ1v) is 8.36. The van der Waals surface area contributed by atoms with E-state index in [1.165, 1.54) is 12.8 Å². The zero-order valence-electron chi connectivity index (χ0n) is 12.6. The number of ether oxygens (including phenoxy) is 1. The Morgan fingerprint density at radius 3 is 2.91 bits per heavy atom. The Morgan fingerprint density at radius 2 is 2.18 bits per heavy atom. The van der Waals surface area contributed by atoms with Gasteiger partial charge in [-0.3, -0.25) is 9.69 Å². The van der Waals surface area contributed by atoms with E-state index in [4.69, 9.17) is 21.4 Å². The molecule has 0 amide bonds. The number of hydrogen-bond acceptors (Lipinski definition) is 3. The first kappa shape index (κ1) is 15.6. The van der Waals surface area contributed by atoms with Crippen LogP contribution in [-0.4, -0.2) is 35.2 Å². The van der Waals surface area contributed by atoms with E-state index in [-0.39, 0.29) is 12.5 Å². The van der Waals surface area contributed by atoms with Crippen molar-refractivity contribution in [1.29, 1.82) is 0 Å². The molecular formula is C17H22ClNO3. The smallest absolute Gasteiger partial charge is 0.304 e. The quantitative estimate of drug-likeness (QED) is 0.833. The molecule has 22 heavy (non-hydrogen) atoms. The second kappa shape index (κ2) is 6.88. The van der Waals surface area contributed by atoms with Crippen molar-refractivity contribution in [1.82, 2.24) is 4.90 Å². The zero-order valence-corrected chi connectivity index (χ0v) is 13.4. The van der Waals surface area contributed by atoms with Gasteiger partial charge in [-0.25, -0.2) is 0 Å². The van der Waals surface area contributed by atoms with Gasteiger partial charge in [0.2, 0.25) is 0 Å². The van der Waals surface area contributed by atoms with Crippen LogP contribution in [0.2, 0.25) is 5.02 Å². The van der Waals surface area contributed by atoms with Crippen molar-refractivity contribution in [3.63, 3.8) is 0 Å². The fourth-order valence-corrected chi connectivity index (χ4v) is 3.25. The first-order chi connectivity index (χ1) is 10.6. The number of likely N-dealkylation sites (tertiary alicyclic amines) is 1. The van der Waals surface area contributed by atoms with E-state index >= 15 is 0 Å². The topological polar surface area (TPSA) is 49.8 Å². The molecule has 1 aromatic carbocycles. The normalized spacial score (nSPS) is 22.0. The van der Waals surface area contributed by atoms with E-state index in [1.807, 2.05) is 18.2 Å². The number of aliphatic carboxylic acids is 1. The van der Waals surface area contributed by atoms with Crippen LogP contribution in [0.15, 0.2) is 18.2 Å². The van der Waals surface area contributed by atoms with Crippen LogP contribution >= 0.6 is 11.6 Å². The lowest BCUT2D eigenvalue weighted by molar-refractivity contribution is -0.138. The summed E-state index contributed by atoms with van der Waals surface area (Å²) in [7, 11) is 0. The van der Waals surface area contributed by atoms with Crippen molar-refractivity contribution in [2.45, 2.75) is 44.7 Å². The Labute approximate surface area is 136 Å². The molecule has 0 radical (unpaired) electrons. The molecule has 2 fully saturated rings. The largest absolute Gasteiger partial charge is 0.493 e. The minimum Gasteiger partial charge on any atom is -0.493 e. The van der Waals surface area contributed by atoms with Crippen LogP contribution < -0.4 is 4.74 Å². The predicted octanol–water partition coefficient (Wildman–Crippen LogP) is 3.57. The summed E-state index contributed by atoms with van der Waals surface area (Å²) >= 11 is 6.13. The van der Waals surface area contributed by atoms with Crippen molar-refractivity contribution in [3.05, 3.63) is 28.8 Å². The average molecular weight is 324 g/mol. The fraction of sp³-hybridized carbons (Fsp3) is 0.588. The number of carboxylic acid groups (broad SMARTS) is 1. The lowest BCUT2D eigenvalue weighted by Gasteiger charge is -2.24. The third kappa shape index (κ3) is 4.14. The molecule has 1 saturated carbocycles. The molecule has 0 spiro atoms. The van der Waals surface area contributed by atoms with Crippen LogP contribution in [0.1, 0.15) is 37.7 Å². The molecule has 1 aliphatic heterocycles. The number of halogens is 1. The Balaban J connectivity index is 1.69. The SMILES string of the molecule is O=C(O)CC1CCCN1Cc1cc(Cl)ccc1OCC1CC1. The number of hydrogen-bond donors (Lipinski definition) is 1. The van der Waals surface area contributed by atoms with E-state index < -0.39 is 5.97 Å². The maximum atomic E-state index is 11.0. The molecule has 1 N–H and O–H groups in total. The third-order valence-electron chi connectivity index (χ3n) is 4.48. The maximum absolute atomic E-state index is 11.0. The molecule has 3 rings (SSSR count). The zero-order chi connectivity index (χ0) is 15.5. The number of nitrogens with zero attached hydrogens (tertiary/aromatic N) is 1. The number of rotatable bonds is 7. The minimum atomic E-state index is -0.729. The lowest BCUT2D eigenvalue weighted by Crippen LogP contribution is -2.31. The summed E-state index contributed by atoms with van der Waals surface area (Å²) in [5.41, 5.74) is 1.06. The summed E-state index contributed by atoms with van der Waals surface area (Å²) in [5.74, 6) is 0.862. The molecule has 120 valence electrons. The minimum absolute atomic E-state index is 0.118. The lowest BCUT2D eigenvalue weighted by atomic mass is 10.1. The van der Waals surface area contributed by atoms with Gasteiger partial charge in [0.15, 0.2) is 0 Å². The number of carbonyl (C=O) groups is 1. The van der Waals surface area contributed by atoms with Crippen molar-refractivity contribution < 1.29 is 14.6 Å². The molecule has 1 saturated heterocycles. The van der Waals surface area contributed by atoms with Gasteiger partial charge in [0, 0.05) is 23.2 Å².